The zero-order valence-electron chi connectivity index (χ0n) is 17.7. The van der Waals surface area contributed by atoms with Gasteiger partial charge in [0, 0.05) is 42.9 Å². The number of anilines is 1. The zero-order chi connectivity index (χ0) is 20.6. The normalized spacial score (nSPS) is 21.5. The lowest BCUT2D eigenvalue weighted by atomic mass is 9.70. The Morgan fingerprint density at radius 2 is 1.06 bits per heavy atom. The van der Waals surface area contributed by atoms with Crippen molar-refractivity contribution in [2.24, 2.45) is 0 Å². The van der Waals surface area contributed by atoms with E-state index in [1.165, 1.54) is 44.5 Å². The van der Waals surface area contributed by atoms with E-state index in [1.807, 2.05) is 0 Å². The maximum absolute atomic E-state index is 6.28. The Hall–Kier alpha value is -2.62. The van der Waals surface area contributed by atoms with E-state index >= 15 is 0 Å². The summed E-state index contributed by atoms with van der Waals surface area (Å²) in [6.07, 6.45) is 4.17. The molecule has 0 saturated carbocycles. The van der Waals surface area contributed by atoms with Gasteiger partial charge in [-0.15, -0.1) is 0 Å². The molecular formula is C28H27NO2. The fourth-order valence-corrected chi connectivity index (χ4v) is 6.97. The summed E-state index contributed by atoms with van der Waals surface area (Å²) >= 11 is 0. The first kappa shape index (κ1) is 18.0. The summed E-state index contributed by atoms with van der Waals surface area (Å²) in [7, 11) is 0. The highest BCUT2D eigenvalue weighted by Crippen LogP contribution is 2.60. The van der Waals surface area contributed by atoms with Crippen LogP contribution >= 0.6 is 0 Å². The van der Waals surface area contributed by atoms with E-state index in [0.29, 0.717) is 0 Å². The van der Waals surface area contributed by atoms with E-state index in [1.54, 1.807) is 0 Å². The average Bonchev–Trinajstić information content (AvgIpc) is 3.22. The van der Waals surface area contributed by atoms with Gasteiger partial charge in [-0.05, 0) is 94.5 Å². The third kappa shape index (κ3) is 2.21. The molecule has 2 spiro atoms. The molecule has 2 aliphatic heterocycles. The molecule has 3 heteroatoms. The van der Waals surface area contributed by atoms with E-state index in [-0.39, 0.29) is 10.8 Å². The fourth-order valence-electron chi connectivity index (χ4n) is 6.97. The predicted molar refractivity (Wildman–Crippen MR) is 123 cm³/mol. The maximum atomic E-state index is 6.28. The Balaban J connectivity index is 1.54. The number of fused-ring (bicyclic) bond motifs is 10. The van der Waals surface area contributed by atoms with Crippen LogP contribution in [0.1, 0.15) is 47.9 Å². The van der Waals surface area contributed by atoms with Gasteiger partial charge in [0.25, 0.3) is 0 Å². The molecule has 0 amide bonds. The molecule has 2 fully saturated rings. The maximum Gasteiger partial charge on any atom is 0.0477 e. The van der Waals surface area contributed by atoms with E-state index in [2.05, 4.69) is 54.6 Å². The second kappa shape index (κ2) is 6.21. The molecule has 2 heterocycles. The first-order valence-corrected chi connectivity index (χ1v) is 11.6. The molecule has 0 radical (unpaired) electrons. The van der Waals surface area contributed by atoms with Crippen molar-refractivity contribution < 1.29 is 9.47 Å². The van der Waals surface area contributed by atoms with Crippen molar-refractivity contribution in [2.75, 3.05) is 32.2 Å². The van der Waals surface area contributed by atoms with Crippen LogP contribution in [-0.2, 0) is 20.3 Å². The quantitative estimate of drug-likeness (QED) is 0.504. The van der Waals surface area contributed by atoms with Crippen molar-refractivity contribution in [3.8, 4) is 22.3 Å². The van der Waals surface area contributed by atoms with Gasteiger partial charge in [-0.1, -0.05) is 30.3 Å². The number of rotatable bonds is 0. The minimum absolute atomic E-state index is 0.0215. The van der Waals surface area contributed by atoms with Crippen LogP contribution < -0.4 is 5.73 Å². The van der Waals surface area contributed by atoms with Crippen molar-refractivity contribution in [1.29, 1.82) is 0 Å². The highest BCUT2D eigenvalue weighted by molar-refractivity contribution is 5.90. The van der Waals surface area contributed by atoms with Crippen molar-refractivity contribution in [2.45, 2.75) is 36.5 Å². The molecule has 0 unspecified atom stereocenters. The van der Waals surface area contributed by atoms with Gasteiger partial charge in [0.15, 0.2) is 0 Å². The number of nitrogen functional groups attached to an aromatic ring is 1. The van der Waals surface area contributed by atoms with Crippen LogP contribution in [-0.4, -0.2) is 26.4 Å². The number of nitrogens with two attached hydrogens (primary N) is 1. The summed E-state index contributed by atoms with van der Waals surface area (Å²) in [5, 5.41) is 0. The Morgan fingerprint density at radius 1 is 0.548 bits per heavy atom. The Labute approximate surface area is 183 Å². The van der Waals surface area contributed by atoms with Crippen molar-refractivity contribution >= 4 is 5.69 Å². The minimum atomic E-state index is 0.0215. The molecule has 0 bridgehead atoms. The summed E-state index contributed by atoms with van der Waals surface area (Å²) in [6, 6.07) is 20.7. The predicted octanol–water partition coefficient (Wildman–Crippen LogP) is 5.42. The Morgan fingerprint density at radius 3 is 1.71 bits per heavy atom. The van der Waals surface area contributed by atoms with Crippen LogP contribution in [0.5, 0.6) is 0 Å². The highest BCUT2D eigenvalue weighted by atomic mass is 16.5. The zero-order valence-corrected chi connectivity index (χ0v) is 17.7. The standard InChI is InChI=1S/C28H27NO2/c29-18-5-6-20-22-17-25-21(16-26(22)28(24(20)15-18)9-13-31-14-10-28)19-3-1-2-4-23(19)27(25)7-11-30-12-8-27/h1-6,15-17H,7-14,29H2. The topological polar surface area (TPSA) is 44.5 Å². The first-order valence-electron chi connectivity index (χ1n) is 11.6. The monoisotopic (exact) mass is 409 g/mol. The van der Waals surface area contributed by atoms with Gasteiger partial charge in [0.05, 0.1) is 0 Å². The molecule has 31 heavy (non-hydrogen) atoms. The summed E-state index contributed by atoms with van der Waals surface area (Å²) in [5.41, 5.74) is 18.8. The number of benzene rings is 3. The molecule has 2 aliphatic carbocycles. The third-order valence-corrected chi connectivity index (χ3v) is 8.46. The molecule has 2 saturated heterocycles. The lowest BCUT2D eigenvalue weighted by molar-refractivity contribution is 0.0637. The van der Waals surface area contributed by atoms with Crippen LogP contribution in [0.25, 0.3) is 22.3 Å². The number of hydrogen-bond donors (Lipinski definition) is 1. The lowest BCUT2D eigenvalue weighted by Crippen LogP contribution is -2.34. The summed E-state index contributed by atoms with van der Waals surface area (Å²) in [6.45, 7) is 3.28. The smallest absolute Gasteiger partial charge is 0.0477 e. The molecule has 3 nitrogen and oxygen atoms in total. The Bertz CT molecular complexity index is 1220. The van der Waals surface area contributed by atoms with Crippen molar-refractivity contribution in [1.82, 2.24) is 0 Å². The molecule has 0 aromatic heterocycles. The molecule has 4 aliphatic rings. The van der Waals surface area contributed by atoms with Gasteiger partial charge in [0.2, 0.25) is 0 Å². The van der Waals surface area contributed by atoms with Gasteiger partial charge in [0.1, 0.15) is 0 Å². The van der Waals surface area contributed by atoms with Crippen LogP contribution in [0.3, 0.4) is 0 Å². The van der Waals surface area contributed by atoms with Crippen LogP contribution in [0.4, 0.5) is 5.69 Å². The van der Waals surface area contributed by atoms with Gasteiger partial charge < -0.3 is 15.2 Å². The number of hydrogen-bond acceptors (Lipinski definition) is 3. The summed E-state index contributed by atoms with van der Waals surface area (Å²) in [5.74, 6) is 0. The van der Waals surface area contributed by atoms with Crippen LogP contribution in [0.2, 0.25) is 0 Å². The molecule has 2 N–H and O–H groups in total. The lowest BCUT2D eigenvalue weighted by Gasteiger charge is -2.37. The molecule has 3 aromatic carbocycles. The van der Waals surface area contributed by atoms with Crippen LogP contribution in [0, 0.1) is 0 Å². The summed E-state index contributed by atoms with van der Waals surface area (Å²) < 4.78 is 11.6. The molecule has 3 aromatic rings. The fraction of sp³-hybridized carbons (Fsp3) is 0.357. The molecule has 156 valence electrons. The van der Waals surface area contributed by atoms with Crippen molar-refractivity contribution in [3.63, 3.8) is 0 Å². The molecular weight excluding hydrogens is 382 g/mol. The molecule has 0 atom stereocenters. The average molecular weight is 410 g/mol. The molecule has 7 rings (SSSR count). The third-order valence-electron chi connectivity index (χ3n) is 8.46. The largest absolute Gasteiger partial charge is 0.399 e. The SMILES string of the molecule is Nc1ccc2c(c1)C1(CCOCC1)c1cc3c(cc1-2)C1(CCOCC1)c1ccccc1-3. The van der Waals surface area contributed by atoms with Gasteiger partial charge in [-0.3, -0.25) is 0 Å². The van der Waals surface area contributed by atoms with E-state index in [0.717, 1.165) is 57.8 Å². The van der Waals surface area contributed by atoms with Crippen LogP contribution in [0.15, 0.2) is 54.6 Å². The van der Waals surface area contributed by atoms with Crippen molar-refractivity contribution in [3.05, 3.63) is 76.9 Å². The van der Waals surface area contributed by atoms with Gasteiger partial charge in [-0.25, -0.2) is 0 Å². The van der Waals surface area contributed by atoms with Gasteiger partial charge in [-0.2, -0.15) is 0 Å². The van der Waals surface area contributed by atoms with E-state index in [4.69, 9.17) is 15.2 Å². The first-order chi connectivity index (χ1) is 15.2. The second-order valence-corrected chi connectivity index (χ2v) is 9.68. The number of ether oxygens (including phenoxy) is 2. The van der Waals surface area contributed by atoms with Gasteiger partial charge >= 0.3 is 0 Å². The van der Waals surface area contributed by atoms with E-state index < -0.39 is 0 Å². The minimum Gasteiger partial charge on any atom is -0.399 e. The van der Waals surface area contributed by atoms with E-state index in [9.17, 15) is 0 Å². The Kier molecular flexibility index (Phi) is 3.61. The second-order valence-electron chi connectivity index (χ2n) is 9.68. The summed E-state index contributed by atoms with van der Waals surface area (Å²) in [4.78, 5) is 0. The highest BCUT2D eigenvalue weighted by Gasteiger charge is 2.49.